The lowest BCUT2D eigenvalue weighted by Crippen LogP contribution is -2.31. The third-order valence-corrected chi connectivity index (χ3v) is 4.95. The molecule has 1 fully saturated rings. The summed E-state index contributed by atoms with van der Waals surface area (Å²) in [5.41, 5.74) is 6.99. The van der Waals surface area contributed by atoms with Gasteiger partial charge in [-0.15, -0.1) is 0 Å². The predicted octanol–water partition coefficient (Wildman–Crippen LogP) is 2.29. The summed E-state index contributed by atoms with van der Waals surface area (Å²) in [5, 5.41) is 10.2. The number of benzene rings is 1. The number of alkyl halides is 2. The molecule has 2 aliphatic rings. The minimum Gasteiger partial charge on any atom is -0.507 e. The number of carbonyl (C=O) groups excluding carboxylic acids is 1. The second kappa shape index (κ2) is 6.64. The summed E-state index contributed by atoms with van der Waals surface area (Å²) in [6.07, 6.45) is -1.09. The SMILES string of the molecule is COC(N)c1ccc(N2COc3cc(C(=O)N4CCC(F)(F)C4)[nH]c32)cc1O. The van der Waals surface area contributed by atoms with Crippen molar-refractivity contribution >= 4 is 17.4 Å². The van der Waals surface area contributed by atoms with E-state index in [0.717, 1.165) is 4.90 Å². The van der Waals surface area contributed by atoms with Gasteiger partial charge in [0.15, 0.2) is 18.3 Å². The van der Waals surface area contributed by atoms with Crippen molar-refractivity contribution in [3.8, 4) is 11.5 Å². The molecule has 8 nitrogen and oxygen atoms in total. The van der Waals surface area contributed by atoms with Crippen molar-refractivity contribution in [2.45, 2.75) is 18.6 Å². The van der Waals surface area contributed by atoms with Gasteiger partial charge in [0.2, 0.25) is 0 Å². The molecule has 0 aliphatic carbocycles. The second-order valence-electron chi connectivity index (χ2n) is 6.83. The first kappa shape index (κ1) is 18.5. The molecule has 10 heteroatoms. The van der Waals surface area contributed by atoms with Crippen LogP contribution in [0.1, 0.15) is 28.7 Å². The van der Waals surface area contributed by atoms with Crippen LogP contribution >= 0.6 is 0 Å². The van der Waals surface area contributed by atoms with Crippen LogP contribution in [0, 0.1) is 0 Å². The van der Waals surface area contributed by atoms with Crippen LogP contribution in [0.15, 0.2) is 24.3 Å². The van der Waals surface area contributed by atoms with E-state index in [1.54, 1.807) is 17.0 Å². The number of anilines is 2. The van der Waals surface area contributed by atoms with Crippen LogP contribution in [-0.4, -0.2) is 53.8 Å². The second-order valence-corrected chi connectivity index (χ2v) is 6.83. The Bertz CT molecular complexity index is 917. The Labute approximate surface area is 159 Å². The summed E-state index contributed by atoms with van der Waals surface area (Å²) in [5.74, 6) is -2.44. The molecule has 150 valence electrons. The van der Waals surface area contributed by atoms with E-state index in [-0.39, 0.29) is 31.1 Å². The Morgan fingerprint density at radius 2 is 2.21 bits per heavy atom. The summed E-state index contributed by atoms with van der Waals surface area (Å²) >= 11 is 0. The number of amides is 1. The van der Waals surface area contributed by atoms with Crippen LogP contribution < -0.4 is 15.4 Å². The minimum absolute atomic E-state index is 0.00911. The molecule has 3 heterocycles. The van der Waals surface area contributed by atoms with E-state index in [4.69, 9.17) is 15.2 Å². The average molecular weight is 394 g/mol. The molecule has 4 N–H and O–H groups in total. The molecule has 4 rings (SSSR count). The average Bonchev–Trinajstić information content (AvgIpc) is 3.34. The summed E-state index contributed by atoms with van der Waals surface area (Å²) in [6, 6.07) is 6.38. The van der Waals surface area contributed by atoms with Crippen molar-refractivity contribution in [2.75, 3.05) is 31.8 Å². The standard InChI is InChI=1S/C18H20F2N4O4/c1-27-15(21)11-3-2-10(6-13(11)25)24-9-28-14-7-12(22-16(14)24)17(26)23-5-4-18(19,20)8-23/h2-3,6-7,15,22,25H,4-5,8-9,21H2,1H3. The van der Waals surface area contributed by atoms with Gasteiger partial charge in [-0.25, -0.2) is 8.78 Å². The fourth-order valence-corrected chi connectivity index (χ4v) is 3.40. The van der Waals surface area contributed by atoms with Crippen LogP contribution in [0.5, 0.6) is 11.5 Å². The number of likely N-dealkylation sites (tertiary alicyclic amines) is 1. The number of phenolic OH excluding ortho intramolecular Hbond substituents is 1. The highest BCUT2D eigenvalue weighted by atomic mass is 19.3. The zero-order valence-electron chi connectivity index (χ0n) is 15.1. The highest BCUT2D eigenvalue weighted by Crippen LogP contribution is 2.41. The number of carbonyl (C=O) groups is 1. The molecule has 1 amide bonds. The number of phenols is 1. The summed E-state index contributed by atoms with van der Waals surface area (Å²) < 4.78 is 37.4. The van der Waals surface area contributed by atoms with Crippen molar-refractivity contribution < 1.29 is 28.2 Å². The third kappa shape index (κ3) is 3.14. The van der Waals surface area contributed by atoms with E-state index >= 15 is 0 Å². The van der Waals surface area contributed by atoms with E-state index in [1.807, 2.05) is 0 Å². The van der Waals surface area contributed by atoms with Gasteiger partial charge in [0.05, 0.1) is 6.54 Å². The van der Waals surface area contributed by atoms with Gasteiger partial charge in [0, 0.05) is 43.5 Å². The fourth-order valence-electron chi connectivity index (χ4n) is 3.40. The van der Waals surface area contributed by atoms with Gasteiger partial charge in [0.25, 0.3) is 11.8 Å². The summed E-state index contributed by atoms with van der Waals surface area (Å²) in [6.45, 7) is -0.406. The molecule has 1 saturated heterocycles. The summed E-state index contributed by atoms with van der Waals surface area (Å²) in [7, 11) is 1.44. The molecule has 0 radical (unpaired) electrons. The third-order valence-electron chi connectivity index (χ3n) is 4.95. The smallest absolute Gasteiger partial charge is 0.270 e. The van der Waals surface area contributed by atoms with E-state index in [0.29, 0.717) is 22.8 Å². The van der Waals surface area contributed by atoms with Crippen LogP contribution in [0.25, 0.3) is 0 Å². The highest BCUT2D eigenvalue weighted by Gasteiger charge is 2.41. The number of hydrogen-bond donors (Lipinski definition) is 3. The zero-order valence-corrected chi connectivity index (χ0v) is 15.1. The molecule has 0 spiro atoms. The lowest BCUT2D eigenvalue weighted by atomic mass is 10.1. The first-order valence-electron chi connectivity index (χ1n) is 8.71. The maximum atomic E-state index is 13.4. The van der Waals surface area contributed by atoms with Gasteiger partial charge >= 0.3 is 0 Å². The van der Waals surface area contributed by atoms with Crippen molar-refractivity contribution in [2.24, 2.45) is 5.73 Å². The molecule has 1 aromatic heterocycles. The van der Waals surface area contributed by atoms with E-state index < -0.39 is 24.6 Å². The molecule has 0 bridgehead atoms. The number of aromatic hydroxyl groups is 1. The number of ether oxygens (including phenoxy) is 2. The van der Waals surface area contributed by atoms with Gasteiger partial charge in [0.1, 0.15) is 17.7 Å². The lowest BCUT2D eigenvalue weighted by Gasteiger charge is -2.19. The number of rotatable bonds is 4. The minimum atomic E-state index is -2.85. The monoisotopic (exact) mass is 394 g/mol. The molecule has 28 heavy (non-hydrogen) atoms. The molecule has 0 saturated carbocycles. The quantitative estimate of drug-likeness (QED) is 0.688. The Morgan fingerprint density at radius 3 is 2.86 bits per heavy atom. The number of methoxy groups -OCH3 is 1. The van der Waals surface area contributed by atoms with Crippen LogP contribution in [-0.2, 0) is 4.74 Å². The fraction of sp³-hybridized carbons (Fsp3) is 0.389. The number of hydrogen-bond acceptors (Lipinski definition) is 6. The Kier molecular flexibility index (Phi) is 4.39. The number of H-pyrrole nitrogens is 1. The maximum Gasteiger partial charge on any atom is 0.270 e. The Balaban J connectivity index is 1.57. The largest absolute Gasteiger partial charge is 0.507 e. The zero-order chi connectivity index (χ0) is 20.1. The van der Waals surface area contributed by atoms with Crippen molar-refractivity contribution in [1.82, 2.24) is 9.88 Å². The summed E-state index contributed by atoms with van der Waals surface area (Å²) in [4.78, 5) is 18.3. The molecule has 1 atom stereocenters. The maximum absolute atomic E-state index is 13.4. The van der Waals surface area contributed by atoms with E-state index in [2.05, 4.69) is 4.98 Å². The lowest BCUT2D eigenvalue weighted by molar-refractivity contribution is 0.0119. The van der Waals surface area contributed by atoms with Crippen LogP contribution in [0.3, 0.4) is 0 Å². The molecule has 2 aliphatic heterocycles. The normalized spacial score (nSPS) is 18.9. The predicted molar refractivity (Wildman–Crippen MR) is 95.9 cm³/mol. The topological polar surface area (TPSA) is 104 Å². The molecule has 1 aromatic carbocycles. The number of nitrogens with zero attached hydrogens (tertiary/aromatic N) is 2. The number of fused-ring (bicyclic) bond motifs is 1. The molecule has 2 aromatic rings. The molecule has 1 unspecified atom stereocenters. The van der Waals surface area contributed by atoms with E-state index in [9.17, 15) is 18.7 Å². The van der Waals surface area contributed by atoms with Gasteiger partial charge in [-0.2, -0.15) is 0 Å². The van der Waals surface area contributed by atoms with Crippen molar-refractivity contribution in [3.05, 3.63) is 35.5 Å². The number of nitrogens with two attached hydrogens (primary N) is 1. The van der Waals surface area contributed by atoms with Crippen molar-refractivity contribution in [3.63, 3.8) is 0 Å². The van der Waals surface area contributed by atoms with Crippen LogP contribution in [0.4, 0.5) is 20.3 Å². The Morgan fingerprint density at radius 1 is 1.43 bits per heavy atom. The van der Waals surface area contributed by atoms with Gasteiger partial charge in [-0.05, 0) is 12.1 Å². The first-order chi connectivity index (χ1) is 13.3. The van der Waals surface area contributed by atoms with Crippen LogP contribution in [0.2, 0.25) is 0 Å². The number of aromatic nitrogens is 1. The number of aromatic amines is 1. The van der Waals surface area contributed by atoms with Gasteiger partial charge in [-0.3, -0.25) is 9.69 Å². The van der Waals surface area contributed by atoms with E-state index in [1.165, 1.54) is 19.2 Å². The van der Waals surface area contributed by atoms with Crippen molar-refractivity contribution in [1.29, 1.82) is 0 Å². The number of nitrogens with one attached hydrogen (secondary N) is 1. The van der Waals surface area contributed by atoms with Gasteiger partial charge < -0.3 is 30.2 Å². The molecular formula is C18H20F2N4O4. The van der Waals surface area contributed by atoms with Gasteiger partial charge in [-0.1, -0.05) is 0 Å². The Hall–Kier alpha value is -2.85. The first-order valence-corrected chi connectivity index (χ1v) is 8.71. The number of halogens is 2. The molecular weight excluding hydrogens is 374 g/mol. The highest BCUT2D eigenvalue weighted by molar-refractivity contribution is 5.95.